The van der Waals surface area contributed by atoms with Crippen molar-refractivity contribution in [2.75, 3.05) is 20.1 Å². The molecule has 0 aromatic rings. The van der Waals surface area contributed by atoms with E-state index < -0.39 is 0 Å². The van der Waals surface area contributed by atoms with Crippen molar-refractivity contribution < 1.29 is 4.79 Å². The van der Waals surface area contributed by atoms with E-state index in [9.17, 15) is 4.79 Å². The minimum absolute atomic E-state index is 0.293. The van der Waals surface area contributed by atoms with Gasteiger partial charge in [0.25, 0.3) is 0 Å². The molecule has 2 rings (SSSR count). The molecule has 0 atom stereocenters. The summed E-state index contributed by atoms with van der Waals surface area (Å²) >= 11 is 0. The van der Waals surface area contributed by atoms with Crippen LogP contribution in [0.4, 0.5) is 0 Å². The van der Waals surface area contributed by atoms with Gasteiger partial charge in [-0.1, -0.05) is 12.8 Å². The molecular formula is C13H24N2O. The predicted octanol–water partition coefficient (Wildman–Crippen LogP) is 1.78. The molecule has 2 fully saturated rings. The van der Waals surface area contributed by atoms with Crippen molar-refractivity contribution in [2.24, 2.45) is 5.92 Å². The fourth-order valence-corrected chi connectivity index (χ4v) is 2.89. The highest BCUT2D eigenvalue weighted by Gasteiger charge is 2.22. The maximum Gasteiger partial charge on any atom is 0.220 e. The van der Waals surface area contributed by atoms with E-state index in [4.69, 9.17) is 0 Å². The number of hydrogen-bond donors (Lipinski definition) is 1. The first-order chi connectivity index (χ1) is 7.74. The number of amides is 1. The highest BCUT2D eigenvalue weighted by molar-refractivity contribution is 5.76. The zero-order valence-corrected chi connectivity index (χ0v) is 10.4. The molecule has 1 saturated heterocycles. The summed E-state index contributed by atoms with van der Waals surface area (Å²) in [4.78, 5) is 14.2. The summed E-state index contributed by atoms with van der Waals surface area (Å²) in [5.74, 6) is 0.916. The van der Waals surface area contributed by atoms with E-state index in [1.54, 1.807) is 0 Å². The van der Waals surface area contributed by atoms with Crippen LogP contribution in [-0.4, -0.2) is 37.0 Å². The van der Waals surface area contributed by atoms with Crippen LogP contribution in [0.1, 0.15) is 44.9 Å². The number of carbonyl (C=O) groups excluding carboxylic acids is 1. The van der Waals surface area contributed by atoms with Crippen LogP contribution < -0.4 is 5.32 Å². The van der Waals surface area contributed by atoms with Gasteiger partial charge in [-0.2, -0.15) is 0 Å². The molecule has 1 aliphatic heterocycles. The lowest BCUT2D eigenvalue weighted by Gasteiger charge is -2.28. The van der Waals surface area contributed by atoms with Crippen molar-refractivity contribution in [3.8, 4) is 0 Å². The standard InChI is InChI=1S/C13H24N2O/c1-15-8-6-11(7-9-15)10-13(16)14-12-4-2-3-5-12/h11-12H,2-10H2,1H3,(H,14,16). The largest absolute Gasteiger partial charge is 0.353 e. The molecule has 0 bridgehead atoms. The summed E-state index contributed by atoms with van der Waals surface area (Å²) in [6.07, 6.45) is 8.10. The van der Waals surface area contributed by atoms with Crippen LogP contribution in [-0.2, 0) is 4.79 Å². The third-order valence-corrected chi connectivity index (χ3v) is 4.03. The third kappa shape index (κ3) is 3.48. The zero-order chi connectivity index (χ0) is 11.4. The Bertz CT molecular complexity index is 228. The second kappa shape index (κ2) is 5.67. The normalized spacial score (nSPS) is 24.8. The van der Waals surface area contributed by atoms with E-state index in [1.807, 2.05) is 0 Å². The first kappa shape index (κ1) is 11.9. The Kier molecular flexibility index (Phi) is 4.22. The molecule has 0 spiro atoms. The number of nitrogens with zero attached hydrogens (tertiary/aromatic N) is 1. The fraction of sp³-hybridized carbons (Fsp3) is 0.923. The fourth-order valence-electron chi connectivity index (χ4n) is 2.89. The zero-order valence-electron chi connectivity index (χ0n) is 10.4. The van der Waals surface area contributed by atoms with Crippen LogP contribution in [0.2, 0.25) is 0 Å². The van der Waals surface area contributed by atoms with E-state index in [2.05, 4.69) is 17.3 Å². The van der Waals surface area contributed by atoms with Crippen LogP contribution in [0.3, 0.4) is 0 Å². The van der Waals surface area contributed by atoms with Gasteiger partial charge >= 0.3 is 0 Å². The number of hydrogen-bond acceptors (Lipinski definition) is 2. The molecule has 0 aromatic carbocycles. The van der Waals surface area contributed by atoms with Crippen molar-refractivity contribution in [1.29, 1.82) is 0 Å². The number of nitrogens with one attached hydrogen (secondary N) is 1. The average Bonchev–Trinajstić information content (AvgIpc) is 2.74. The highest BCUT2D eigenvalue weighted by Crippen LogP contribution is 2.21. The second-order valence-electron chi connectivity index (χ2n) is 5.50. The van der Waals surface area contributed by atoms with E-state index >= 15 is 0 Å². The summed E-state index contributed by atoms with van der Waals surface area (Å²) < 4.78 is 0. The van der Waals surface area contributed by atoms with Gasteiger partial charge in [0, 0.05) is 12.5 Å². The summed E-state index contributed by atoms with van der Waals surface area (Å²) in [5, 5.41) is 3.18. The van der Waals surface area contributed by atoms with Crippen LogP contribution in [0.15, 0.2) is 0 Å². The van der Waals surface area contributed by atoms with Gasteiger partial charge in [0.05, 0.1) is 0 Å². The molecular weight excluding hydrogens is 200 g/mol. The molecule has 3 nitrogen and oxygen atoms in total. The molecule has 3 heteroatoms. The van der Waals surface area contributed by atoms with Gasteiger partial charge in [0.2, 0.25) is 5.91 Å². The Morgan fingerprint density at radius 2 is 1.81 bits per heavy atom. The monoisotopic (exact) mass is 224 g/mol. The van der Waals surface area contributed by atoms with Crippen LogP contribution >= 0.6 is 0 Å². The van der Waals surface area contributed by atoms with Gasteiger partial charge < -0.3 is 10.2 Å². The highest BCUT2D eigenvalue weighted by atomic mass is 16.1. The summed E-state index contributed by atoms with van der Waals surface area (Å²) in [6, 6.07) is 0.485. The summed E-state index contributed by atoms with van der Waals surface area (Å²) in [6.45, 7) is 2.31. The average molecular weight is 224 g/mol. The smallest absolute Gasteiger partial charge is 0.220 e. The Balaban J connectivity index is 1.66. The summed E-state index contributed by atoms with van der Waals surface area (Å²) in [7, 11) is 2.16. The van der Waals surface area contributed by atoms with Crippen molar-refractivity contribution >= 4 is 5.91 Å². The van der Waals surface area contributed by atoms with Gasteiger partial charge in [0.15, 0.2) is 0 Å². The Hall–Kier alpha value is -0.570. The molecule has 1 saturated carbocycles. The van der Waals surface area contributed by atoms with Crippen LogP contribution in [0.25, 0.3) is 0 Å². The molecule has 1 heterocycles. The van der Waals surface area contributed by atoms with E-state index in [1.165, 1.54) is 38.5 Å². The van der Waals surface area contributed by atoms with Gasteiger partial charge in [-0.05, 0) is 51.7 Å². The minimum atomic E-state index is 0.293. The lowest BCUT2D eigenvalue weighted by molar-refractivity contribution is -0.123. The van der Waals surface area contributed by atoms with Gasteiger partial charge in [0.1, 0.15) is 0 Å². The maximum atomic E-state index is 11.8. The van der Waals surface area contributed by atoms with Crippen molar-refractivity contribution in [3.05, 3.63) is 0 Å². The van der Waals surface area contributed by atoms with Crippen LogP contribution in [0, 0.1) is 5.92 Å². The van der Waals surface area contributed by atoms with Crippen molar-refractivity contribution in [2.45, 2.75) is 51.0 Å². The Morgan fingerprint density at radius 3 is 2.44 bits per heavy atom. The first-order valence-corrected chi connectivity index (χ1v) is 6.72. The molecule has 0 radical (unpaired) electrons. The number of rotatable bonds is 3. The van der Waals surface area contributed by atoms with Gasteiger partial charge in [-0.25, -0.2) is 0 Å². The third-order valence-electron chi connectivity index (χ3n) is 4.03. The molecule has 1 aliphatic carbocycles. The molecule has 2 aliphatic rings. The first-order valence-electron chi connectivity index (χ1n) is 6.72. The van der Waals surface area contributed by atoms with E-state index in [0.29, 0.717) is 17.9 Å². The molecule has 0 aromatic heterocycles. The predicted molar refractivity (Wildman–Crippen MR) is 65.2 cm³/mol. The summed E-state index contributed by atoms with van der Waals surface area (Å²) in [5.41, 5.74) is 0. The van der Waals surface area contributed by atoms with Crippen LogP contribution in [0.5, 0.6) is 0 Å². The number of piperidine rings is 1. The SMILES string of the molecule is CN1CCC(CC(=O)NC2CCCC2)CC1. The molecule has 92 valence electrons. The minimum Gasteiger partial charge on any atom is -0.353 e. The molecule has 1 amide bonds. The molecule has 16 heavy (non-hydrogen) atoms. The van der Waals surface area contributed by atoms with Gasteiger partial charge in [-0.3, -0.25) is 4.79 Å². The Morgan fingerprint density at radius 1 is 1.19 bits per heavy atom. The Labute approximate surface area is 98.6 Å². The van der Waals surface area contributed by atoms with Gasteiger partial charge in [-0.15, -0.1) is 0 Å². The maximum absolute atomic E-state index is 11.8. The lowest BCUT2D eigenvalue weighted by Crippen LogP contribution is -2.36. The number of likely N-dealkylation sites (tertiary alicyclic amines) is 1. The lowest BCUT2D eigenvalue weighted by atomic mass is 9.93. The molecule has 0 unspecified atom stereocenters. The number of carbonyl (C=O) groups is 1. The molecule has 1 N–H and O–H groups in total. The topological polar surface area (TPSA) is 32.3 Å². The quantitative estimate of drug-likeness (QED) is 0.792. The van der Waals surface area contributed by atoms with Crippen molar-refractivity contribution in [1.82, 2.24) is 10.2 Å². The van der Waals surface area contributed by atoms with E-state index in [0.717, 1.165) is 19.5 Å². The van der Waals surface area contributed by atoms with E-state index in [-0.39, 0.29) is 0 Å². The van der Waals surface area contributed by atoms with Crippen molar-refractivity contribution in [3.63, 3.8) is 0 Å². The second-order valence-corrected chi connectivity index (χ2v) is 5.50.